The molecule has 106 valence electrons. The van der Waals surface area contributed by atoms with Crippen molar-refractivity contribution in [3.8, 4) is 0 Å². The molecule has 1 heteroatoms. The summed E-state index contributed by atoms with van der Waals surface area (Å²) in [4.78, 5) is 0. The van der Waals surface area contributed by atoms with E-state index in [1.54, 1.807) is 0 Å². The summed E-state index contributed by atoms with van der Waals surface area (Å²) in [6.45, 7) is 2.73. The van der Waals surface area contributed by atoms with Crippen molar-refractivity contribution >= 4 is 0 Å². The van der Waals surface area contributed by atoms with Crippen LogP contribution >= 0.6 is 0 Å². The van der Waals surface area contributed by atoms with Gasteiger partial charge in [-0.15, -0.1) is 0 Å². The second kappa shape index (κ2) is 6.93. The standard InChI is InChI=1S/C17H32O/c1-2-3-4-5-6-7-8-9-10-17(14-18)12-15-11-16(15)13-17/h15-16,18H,2-14H2,1H3. The van der Waals surface area contributed by atoms with Gasteiger partial charge in [-0.3, -0.25) is 0 Å². The highest BCUT2D eigenvalue weighted by molar-refractivity contribution is 5.02. The Labute approximate surface area is 113 Å². The van der Waals surface area contributed by atoms with Crippen LogP contribution in [0, 0.1) is 17.3 Å². The molecule has 2 rings (SSSR count). The van der Waals surface area contributed by atoms with Gasteiger partial charge in [-0.05, 0) is 42.9 Å². The second-order valence-corrected chi connectivity index (χ2v) is 7.05. The molecule has 0 aliphatic heterocycles. The van der Waals surface area contributed by atoms with E-state index in [9.17, 15) is 5.11 Å². The fourth-order valence-electron chi connectivity index (χ4n) is 4.05. The molecule has 2 fully saturated rings. The summed E-state index contributed by atoms with van der Waals surface area (Å²) in [5.41, 5.74) is 0.357. The molecule has 2 aliphatic carbocycles. The zero-order chi connectivity index (χ0) is 12.8. The summed E-state index contributed by atoms with van der Waals surface area (Å²) in [5.74, 6) is 2.01. The SMILES string of the molecule is CCCCCCCCCCC1(CO)CC2CC2C1. The highest BCUT2D eigenvalue weighted by Gasteiger charge is 2.52. The first-order valence-electron chi connectivity index (χ1n) is 8.40. The van der Waals surface area contributed by atoms with Crippen molar-refractivity contribution in [3.05, 3.63) is 0 Å². The first-order valence-corrected chi connectivity index (χ1v) is 8.40. The Hall–Kier alpha value is -0.0400. The minimum atomic E-state index is 0.357. The van der Waals surface area contributed by atoms with Gasteiger partial charge in [0, 0.05) is 6.61 Å². The van der Waals surface area contributed by atoms with Crippen LogP contribution in [0.1, 0.15) is 84.0 Å². The summed E-state index contributed by atoms with van der Waals surface area (Å²) >= 11 is 0. The molecule has 0 radical (unpaired) electrons. The van der Waals surface area contributed by atoms with E-state index in [4.69, 9.17) is 0 Å². The zero-order valence-corrected chi connectivity index (χ0v) is 12.3. The lowest BCUT2D eigenvalue weighted by molar-refractivity contribution is 0.104. The zero-order valence-electron chi connectivity index (χ0n) is 12.3. The van der Waals surface area contributed by atoms with Crippen LogP contribution in [0.3, 0.4) is 0 Å². The van der Waals surface area contributed by atoms with Crippen molar-refractivity contribution in [2.24, 2.45) is 17.3 Å². The van der Waals surface area contributed by atoms with Gasteiger partial charge in [-0.1, -0.05) is 58.3 Å². The molecule has 0 heterocycles. The van der Waals surface area contributed by atoms with Gasteiger partial charge in [-0.25, -0.2) is 0 Å². The largest absolute Gasteiger partial charge is 0.396 e. The van der Waals surface area contributed by atoms with Crippen LogP contribution in [0.2, 0.25) is 0 Å². The molecular weight excluding hydrogens is 220 g/mol. The van der Waals surface area contributed by atoms with Gasteiger partial charge >= 0.3 is 0 Å². The van der Waals surface area contributed by atoms with Crippen LogP contribution < -0.4 is 0 Å². The van der Waals surface area contributed by atoms with Gasteiger partial charge in [0.1, 0.15) is 0 Å². The van der Waals surface area contributed by atoms with Crippen molar-refractivity contribution in [2.45, 2.75) is 84.0 Å². The van der Waals surface area contributed by atoms with E-state index in [1.807, 2.05) is 0 Å². The third-order valence-electron chi connectivity index (χ3n) is 5.36. The van der Waals surface area contributed by atoms with Gasteiger partial charge in [0.25, 0.3) is 0 Å². The first kappa shape index (κ1) is 14.4. The maximum atomic E-state index is 9.65. The van der Waals surface area contributed by atoms with Gasteiger partial charge < -0.3 is 5.11 Å². The van der Waals surface area contributed by atoms with E-state index in [1.165, 1.54) is 77.0 Å². The Kier molecular flexibility index (Phi) is 5.54. The molecule has 1 N–H and O–H groups in total. The van der Waals surface area contributed by atoms with Crippen LogP contribution in [0.5, 0.6) is 0 Å². The van der Waals surface area contributed by atoms with Crippen LogP contribution in [0.15, 0.2) is 0 Å². The maximum absolute atomic E-state index is 9.65. The van der Waals surface area contributed by atoms with E-state index >= 15 is 0 Å². The van der Waals surface area contributed by atoms with E-state index in [2.05, 4.69) is 6.92 Å². The molecule has 0 amide bonds. The highest BCUT2D eigenvalue weighted by Crippen LogP contribution is 2.61. The Balaban J connectivity index is 1.47. The number of aliphatic hydroxyl groups is 1. The number of unbranched alkanes of at least 4 members (excludes halogenated alkanes) is 7. The molecule has 0 saturated heterocycles. The number of hydrogen-bond acceptors (Lipinski definition) is 1. The monoisotopic (exact) mass is 252 g/mol. The molecule has 2 aliphatic rings. The number of aliphatic hydroxyl groups excluding tert-OH is 1. The normalized spacial score (nSPS) is 33.7. The molecule has 0 aromatic heterocycles. The predicted octanol–water partition coefficient (Wildman–Crippen LogP) is 4.93. The lowest BCUT2D eigenvalue weighted by Gasteiger charge is -2.28. The highest BCUT2D eigenvalue weighted by atomic mass is 16.3. The minimum Gasteiger partial charge on any atom is -0.396 e. The van der Waals surface area contributed by atoms with Crippen molar-refractivity contribution in [1.82, 2.24) is 0 Å². The van der Waals surface area contributed by atoms with Crippen LogP contribution in [0.4, 0.5) is 0 Å². The molecular formula is C17H32O. The fraction of sp³-hybridized carbons (Fsp3) is 1.00. The molecule has 2 unspecified atom stereocenters. The molecule has 18 heavy (non-hydrogen) atoms. The Morgan fingerprint density at radius 3 is 2.00 bits per heavy atom. The minimum absolute atomic E-state index is 0.357. The van der Waals surface area contributed by atoms with Gasteiger partial charge in [0.05, 0.1) is 0 Å². The summed E-state index contributed by atoms with van der Waals surface area (Å²) in [7, 11) is 0. The van der Waals surface area contributed by atoms with Crippen molar-refractivity contribution in [2.75, 3.05) is 6.61 Å². The summed E-state index contributed by atoms with van der Waals surface area (Å²) in [5, 5.41) is 9.65. The molecule has 0 aromatic carbocycles. The number of rotatable bonds is 10. The van der Waals surface area contributed by atoms with Crippen LogP contribution in [0.25, 0.3) is 0 Å². The van der Waals surface area contributed by atoms with E-state index in [-0.39, 0.29) is 0 Å². The fourth-order valence-corrected chi connectivity index (χ4v) is 4.05. The Morgan fingerprint density at radius 2 is 1.44 bits per heavy atom. The number of fused-ring (bicyclic) bond motifs is 1. The molecule has 0 aromatic rings. The quantitative estimate of drug-likeness (QED) is 0.547. The average molecular weight is 252 g/mol. The maximum Gasteiger partial charge on any atom is 0.0487 e. The summed E-state index contributed by atoms with van der Waals surface area (Å²) in [6.07, 6.45) is 16.7. The molecule has 0 bridgehead atoms. The molecule has 2 atom stereocenters. The third kappa shape index (κ3) is 3.98. The van der Waals surface area contributed by atoms with Crippen LogP contribution in [-0.2, 0) is 0 Å². The summed E-state index contributed by atoms with van der Waals surface area (Å²) < 4.78 is 0. The Morgan fingerprint density at radius 1 is 0.889 bits per heavy atom. The van der Waals surface area contributed by atoms with E-state index < -0.39 is 0 Å². The summed E-state index contributed by atoms with van der Waals surface area (Å²) in [6, 6.07) is 0. The molecule has 0 spiro atoms. The van der Waals surface area contributed by atoms with Crippen molar-refractivity contribution in [1.29, 1.82) is 0 Å². The van der Waals surface area contributed by atoms with E-state index in [0.29, 0.717) is 12.0 Å². The van der Waals surface area contributed by atoms with Gasteiger partial charge in [0.15, 0.2) is 0 Å². The number of hydrogen-bond donors (Lipinski definition) is 1. The first-order chi connectivity index (χ1) is 8.79. The van der Waals surface area contributed by atoms with Crippen molar-refractivity contribution < 1.29 is 5.11 Å². The third-order valence-corrected chi connectivity index (χ3v) is 5.36. The lowest BCUT2D eigenvalue weighted by atomic mass is 9.79. The smallest absolute Gasteiger partial charge is 0.0487 e. The average Bonchev–Trinajstić information content (AvgIpc) is 3.01. The topological polar surface area (TPSA) is 20.2 Å². The van der Waals surface area contributed by atoms with E-state index in [0.717, 1.165) is 11.8 Å². The predicted molar refractivity (Wildman–Crippen MR) is 77.6 cm³/mol. The van der Waals surface area contributed by atoms with Crippen LogP contribution in [-0.4, -0.2) is 11.7 Å². The van der Waals surface area contributed by atoms with Gasteiger partial charge in [-0.2, -0.15) is 0 Å². The molecule has 2 saturated carbocycles. The van der Waals surface area contributed by atoms with Crippen molar-refractivity contribution in [3.63, 3.8) is 0 Å². The molecule has 1 nitrogen and oxygen atoms in total. The lowest BCUT2D eigenvalue weighted by Crippen LogP contribution is -2.23. The Bertz CT molecular complexity index is 226. The second-order valence-electron chi connectivity index (χ2n) is 7.05. The van der Waals surface area contributed by atoms with Gasteiger partial charge in [0.2, 0.25) is 0 Å².